The molecule has 0 N–H and O–H groups in total. The molecule has 0 aliphatic carbocycles. The lowest BCUT2D eigenvalue weighted by molar-refractivity contribution is -0.150. The van der Waals surface area contributed by atoms with Crippen LogP contribution in [-0.4, -0.2) is 36.6 Å². The number of esters is 1. The number of hydrogen-bond acceptors (Lipinski definition) is 3. The van der Waals surface area contributed by atoms with Crippen LogP contribution in [0.5, 0.6) is 0 Å². The van der Waals surface area contributed by atoms with Gasteiger partial charge in [-0.15, -0.1) is 0 Å². The summed E-state index contributed by atoms with van der Waals surface area (Å²) in [6.07, 6.45) is 5.95. The Morgan fingerprint density at radius 1 is 1.29 bits per heavy atom. The van der Waals surface area contributed by atoms with Gasteiger partial charge in [0.2, 0.25) is 0 Å². The molecule has 3 heteroatoms. The highest BCUT2D eigenvalue weighted by Gasteiger charge is 2.28. The summed E-state index contributed by atoms with van der Waals surface area (Å²) in [6, 6.07) is -0.0162. The van der Waals surface area contributed by atoms with E-state index in [1.165, 1.54) is 25.7 Å². The minimum atomic E-state index is -0.0380. The fraction of sp³-hybridized carbons (Fsp3) is 0.929. The Balaban J connectivity index is 2.42. The number of carbonyl (C=O) groups excluding carboxylic acids is 1. The zero-order valence-electron chi connectivity index (χ0n) is 11.6. The Labute approximate surface area is 106 Å². The second-order valence-corrected chi connectivity index (χ2v) is 4.94. The van der Waals surface area contributed by atoms with Gasteiger partial charge in [0.05, 0.1) is 6.61 Å². The predicted molar refractivity (Wildman–Crippen MR) is 69.9 cm³/mol. The lowest BCUT2D eigenvalue weighted by Gasteiger charge is -2.35. The molecule has 0 spiro atoms. The van der Waals surface area contributed by atoms with Crippen LogP contribution in [0.3, 0.4) is 0 Å². The molecule has 0 radical (unpaired) electrons. The Bertz CT molecular complexity index is 222. The fourth-order valence-electron chi connectivity index (χ4n) is 2.77. The molecule has 1 unspecified atom stereocenters. The topological polar surface area (TPSA) is 29.5 Å². The first-order valence-corrected chi connectivity index (χ1v) is 7.13. The van der Waals surface area contributed by atoms with Crippen LogP contribution < -0.4 is 0 Å². The molecule has 1 saturated heterocycles. The van der Waals surface area contributed by atoms with Crippen LogP contribution in [0.4, 0.5) is 0 Å². The highest BCUT2D eigenvalue weighted by Crippen LogP contribution is 2.24. The van der Waals surface area contributed by atoms with E-state index < -0.39 is 0 Å². The van der Waals surface area contributed by atoms with Gasteiger partial charge in [0.1, 0.15) is 6.04 Å². The molecule has 1 fully saturated rings. The maximum atomic E-state index is 11.8. The standard InChI is InChI=1S/C14H27NO2/c1-4-7-12-8-10-15(11-9-12)13(5-2)14(16)17-6-3/h12-13H,4-11H2,1-3H3. The van der Waals surface area contributed by atoms with Crippen molar-refractivity contribution in [2.75, 3.05) is 19.7 Å². The monoisotopic (exact) mass is 241 g/mol. The lowest BCUT2D eigenvalue weighted by atomic mass is 9.91. The SMILES string of the molecule is CCCC1CCN(C(CC)C(=O)OCC)CC1. The van der Waals surface area contributed by atoms with Crippen molar-refractivity contribution in [3.05, 3.63) is 0 Å². The van der Waals surface area contributed by atoms with Gasteiger partial charge in [0.15, 0.2) is 0 Å². The van der Waals surface area contributed by atoms with E-state index in [-0.39, 0.29) is 12.0 Å². The van der Waals surface area contributed by atoms with Crippen molar-refractivity contribution in [1.82, 2.24) is 4.90 Å². The van der Waals surface area contributed by atoms with E-state index in [4.69, 9.17) is 4.74 Å². The van der Waals surface area contributed by atoms with Crippen molar-refractivity contribution in [1.29, 1.82) is 0 Å². The summed E-state index contributed by atoms with van der Waals surface area (Å²) in [7, 11) is 0. The van der Waals surface area contributed by atoms with Crippen LogP contribution in [0.15, 0.2) is 0 Å². The second kappa shape index (κ2) is 7.70. The quantitative estimate of drug-likeness (QED) is 0.670. The van der Waals surface area contributed by atoms with Crippen molar-refractivity contribution in [2.45, 2.75) is 58.9 Å². The summed E-state index contributed by atoms with van der Waals surface area (Å²) in [6.45, 7) is 8.79. The first-order chi connectivity index (χ1) is 8.22. The molecule has 17 heavy (non-hydrogen) atoms. The third-order valence-corrected chi connectivity index (χ3v) is 3.73. The Hall–Kier alpha value is -0.570. The van der Waals surface area contributed by atoms with Gasteiger partial charge >= 0.3 is 5.97 Å². The average molecular weight is 241 g/mol. The molecule has 100 valence electrons. The van der Waals surface area contributed by atoms with Crippen LogP contribution in [0.25, 0.3) is 0 Å². The number of nitrogens with zero attached hydrogens (tertiary/aromatic N) is 1. The molecule has 1 aliphatic heterocycles. The molecule has 0 aromatic carbocycles. The molecular formula is C14H27NO2. The van der Waals surface area contributed by atoms with E-state index in [0.717, 1.165) is 25.4 Å². The average Bonchev–Trinajstić information content (AvgIpc) is 2.33. The van der Waals surface area contributed by atoms with E-state index in [2.05, 4.69) is 18.7 Å². The van der Waals surface area contributed by atoms with Gasteiger partial charge in [-0.1, -0.05) is 26.7 Å². The minimum Gasteiger partial charge on any atom is -0.465 e. The molecule has 0 amide bonds. The van der Waals surface area contributed by atoms with Crippen LogP contribution in [-0.2, 0) is 9.53 Å². The highest BCUT2D eigenvalue weighted by molar-refractivity contribution is 5.75. The van der Waals surface area contributed by atoms with E-state index in [1.807, 2.05) is 6.92 Å². The lowest BCUT2D eigenvalue weighted by Crippen LogP contribution is -2.46. The van der Waals surface area contributed by atoms with Crippen LogP contribution in [0.1, 0.15) is 52.9 Å². The number of carbonyl (C=O) groups is 1. The van der Waals surface area contributed by atoms with Crippen molar-refractivity contribution in [3.63, 3.8) is 0 Å². The number of ether oxygens (including phenoxy) is 1. The molecule has 1 heterocycles. The predicted octanol–water partition coefficient (Wildman–Crippen LogP) is 2.84. The molecule has 0 aromatic rings. The summed E-state index contributed by atoms with van der Waals surface area (Å²) in [4.78, 5) is 14.1. The number of hydrogen-bond donors (Lipinski definition) is 0. The summed E-state index contributed by atoms with van der Waals surface area (Å²) in [5.74, 6) is 0.833. The van der Waals surface area contributed by atoms with Crippen molar-refractivity contribution in [3.8, 4) is 0 Å². The summed E-state index contributed by atoms with van der Waals surface area (Å²) in [5.41, 5.74) is 0. The molecule has 1 atom stereocenters. The van der Waals surface area contributed by atoms with Crippen molar-refractivity contribution < 1.29 is 9.53 Å². The van der Waals surface area contributed by atoms with Crippen LogP contribution in [0.2, 0.25) is 0 Å². The maximum Gasteiger partial charge on any atom is 0.323 e. The summed E-state index contributed by atoms with van der Waals surface area (Å²) in [5, 5.41) is 0. The normalized spacial score (nSPS) is 20.2. The third-order valence-electron chi connectivity index (χ3n) is 3.73. The maximum absolute atomic E-state index is 11.8. The van der Waals surface area contributed by atoms with Crippen molar-refractivity contribution >= 4 is 5.97 Å². The highest BCUT2D eigenvalue weighted by atomic mass is 16.5. The fourth-order valence-corrected chi connectivity index (χ4v) is 2.77. The molecule has 1 rings (SSSR count). The van der Waals surface area contributed by atoms with E-state index in [0.29, 0.717) is 6.61 Å². The Kier molecular flexibility index (Phi) is 6.56. The molecule has 1 aliphatic rings. The van der Waals surface area contributed by atoms with Gasteiger partial charge in [-0.25, -0.2) is 0 Å². The third kappa shape index (κ3) is 4.30. The van der Waals surface area contributed by atoms with Gasteiger partial charge in [-0.3, -0.25) is 9.69 Å². The van der Waals surface area contributed by atoms with E-state index in [1.54, 1.807) is 0 Å². The smallest absolute Gasteiger partial charge is 0.323 e. The van der Waals surface area contributed by atoms with Gasteiger partial charge < -0.3 is 4.74 Å². The molecule has 0 aromatic heterocycles. The van der Waals surface area contributed by atoms with Gasteiger partial charge in [-0.05, 0) is 45.2 Å². The van der Waals surface area contributed by atoms with Crippen molar-refractivity contribution in [2.24, 2.45) is 5.92 Å². The first kappa shape index (κ1) is 14.5. The van der Waals surface area contributed by atoms with E-state index in [9.17, 15) is 4.79 Å². The first-order valence-electron chi connectivity index (χ1n) is 7.13. The zero-order chi connectivity index (χ0) is 12.7. The molecule has 3 nitrogen and oxygen atoms in total. The van der Waals surface area contributed by atoms with Gasteiger partial charge in [-0.2, -0.15) is 0 Å². The summed E-state index contributed by atoms with van der Waals surface area (Å²) < 4.78 is 5.14. The Morgan fingerprint density at radius 3 is 2.41 bits per heavy atom. The van der Waals surface area contributed by atoms with Gasteiger partial charge in [0.25, 0.3) is 0 Å². The second-order valence-electron chi connectivity index (χ2n) is 4.94. The minimum absolute atomic E-state index is 0.0162. The molecule has 0 saturated carbocycles. The number of likely N-dealkylation sites (tertiary alicyclic amines) is 1. The van der Waals surface area contributed by atoms with E-state index >= 15 is 0 Å². The number of rotatable bonds is 6. The molecule has 0 bridgehead atoms. The van der Waals surface area contributed by atoms with Crippen LogP contribution in [0, 0.1) is 5.92 Å². The largest absolute Gasteiger partial charge is 0.465 e. The summed E-state index contributed by atoms with van der Waals surface area (Å²) >= 11 is 0. The number of piperidine rings is 1. The molecular weight excluding hydrogens is 214 g/mol. The van der Waals surface area contributed by atoms with Gasteiger partial charge in [0, 0.05) is 0 Å². The Morgan fingerprint density at radius 2 is 1.94 bits per heavy atom. The zero-order valence-corrected chi connectivity index (χ0v) is 11.6. The van der Waals surface area contributed by atoms with Crippen LogP contribution >= 0.6 is 0 Å².